The molecule has 1 aliphatic heterocycles. The number of aliphatic hydroxyl groups is 2. The molecule has 3 aromatic heterocycles. The van der Waals surface area contributed by atoms with Gasteiger partial charge in [-0.1, -0.05) is 24.3 Å². The van der Waals surface area contributed by atoms with Crippen molar-refractivity contribution in [3.05, 3.63) is 55.1 Å². The minimum atomic E-state index is -4.39. The van der Waals surface area contributed by atoms with Crippen LogP contribution in [0.15, 0.2) is 53.9 Å². The summed E-state index contributed by atoms with van der Waals surface area (Å²) in [5.41, 5.74) is 7.08. The minimum Gasteiger partial charge on any atom is -0.443 e. The number of nitrogens with two attached hydrogens (primary N) is 1. The van der Waals surface area contributed by atoms with Gasteiger partial charge in [0.2, 0.25) is 5.91 Å². The highest BCUT2D eigenvalue weighted by atomic mass is 32.2. The average Bonchev–Trinajstić information content (AvgIpc) is 3.67. The van der Waals surface area contributed by atoms with Crippen LogP contribution >= 0.6 is 0 Å². The molecule has 210 valence electrons. The molecule has 40 heavy (non-hydrogen) atoms. The van der Waals surface area contributed by atoms with Gasteiger partial charge in [0.25, 0.3) is 0 Å². The number of aliphatic hydroxyl groups excluding tert-OH is 2. The summed E-state index contributed by atoms with van der Waals surface area (Å²) in [6.07, 6.45) is -0.773. The lowest BCUT2D eigenvalue weighted by Crippen LogP contribution is -2.45. The van der Waals surface area contributed by atoms with Gasteiger partial charge in [-0.05, 0) is 0 Å². The maximum atomic E-state index is 12.7. The Bertz CT molecular complexity index is 1640. The van der Waals surface area contributed by atoms with Crippen LogP contribution in [0.5, 0.6) is 0 Å². The van der Waals surface area contributed by atoms with E-state index in [1.807, 2.05) is 4.72 Å². The predicted molar refractivity (Wildman–Crippen MR) is 136 cm³/mol. The molecule has 0 saturated carbocycles. The number of carbonyl (C=O) groups excluding carboxylic acids is 2. The van der Waals surface area contributed by atoms with Crippen molar-refractivity contribution in [1.29, 1.82) is 0 Å². The van der Waals surface area contributed by atoms with E-state index >= 15 is 0 Å². The number of nitrogen functional groups attached to an aromatic ring is 1. The third kappa shape index (κ3) is 5.54. The number of Topliss-reactive ketones (excluding diaryl/α,β-unsaturated/α-hetero) is 1. The fourth-order valence-electron chi connectivity index (χ4n) is 4.26. The smallest absolute Gasteiger partial charge is 0.301 e. The van der Waals surface area contributed by atoms with Crippen molar-refractivity contribution >= 4 is 38.9 Å². The summed E-state index contributed by atoms with van der Waals surface area (Å²) in [4.78, 5) is 40.9. The van der Waals surface area contributed by atoms with Crippen LogP contribution in [0.1, 0.15) is 29.4 Å². The van der Waals surface area contributed by atoms with Crippen LogP contribution in [0.3, 0.4) is 0 Å². The van der Waals surface area contributed by atoms with E-state index in [0.717, 1.165) is 0 Å². The van der Waals surface area contributed by atoms with E-state index in [-0.39, 0.29) is 23.4 Å². The van der Waals surface area contributed by atoms with Crippen molar-refractivity contribution in [3.63, 3.8) is 0 Å². The van der Waals surface area contributed by atoms with Gasteiger partial charge in [0.1, 0.15) is 30.2 Å². The Hall–Kier alpha value is -4.29. The SMILES string of the molecule is Nc1ncnc2c1ncn2[C@@H]1O[C@H](CNS(=O)(=O)NC(=O)CCC(=O)c2ccccc2-c2cnco2)[C@@H](O)[C@H]1O. The third-order valence-electron chi connectivity index (χ3n) is 6.23. The van der Waals surface area contributed by atoms with E-state index < -0.39 is 59.4 Å². The summed E-state index contributed by atoms with van der Waals surface area (Å²) in [7, 11) is -4.39. The van der Waals surface area contributed by atoms with Crippen LogP contribution in [0.2, 0.25) is 0 Å². The number of imidazole rings is 1. The van der Waals surface area contributed by atoms with E-state index in [1.54, 1.807) is 24.3 Å². The number of amides is 1. The van der Waals surface area contributed by atoms with Crippen LogP contribution in [-0.4, -0.2) is 79.7 Å². The van der Waals surface area contributed by atoms with E-state index in [1.165, 1.54) is 29.8 Å². The second-order valence-electron chi connectivity index (χ2n) is 8.84. The first kappa shape index (κ1) is 27.3. The summed E-state index contributed by atoms with van der Waals surface area (Å²) < 4.78 is 41.1. The Morgan fingerprint density at radius 1 is 1.10 bits per heavy atom. The van der Waals surface area contributed by atoms with Crippen LogP contribution in [-0.2, 0) is 19.7 Å². The molecule has 1 saturated heterocycles. The zero-order chi connectivity index (χ0) is 28.4. The molecular formula is C23H24N8O8S. The molecular weight excluding hydrogens is 548 g/mol. The standard InChI is InChI=1S/C23H24N8O8S/c24-21-18-22(27-9-26-21)31(10-28-18)23-20(35)19(34)16(39-23)8-29-40(36,37)30-17(33)6-5-14(32)12-3-1-2-4-13(12)15-7-25-11-38-15/h1-4,7,9-11,16,19-20,23,29,34-35H,5-6,8H2,(H,30,33)(H2,24,26,27)/t16-,19-,20-,23-/m1/s1. The summed E-state index contributed by atoms with van der Waals surface area (Å²) in [5.74, 6) is -0.833. The zero-order valence-corrected chi connectivity index (χ0v) is 21.4. The molecule has 1 aromatic carbocycles. The van der Waals surface area contributed by atoms with Gasteiger partial charge in [-0.3, -0.25) is 14.2 Å². The largest absolute Gasteiger partial charge is 0.443 e. The molecule has 1 aliphatic rings. The molecule has 1 fully saturated rings. The summed E-state index contributed by atoms with van der Waals surface area (Å²) in [5, 5.41) is 21.0. The summed E-state index contributed by atoms with van der Waals surface area (Å²) in [6, 6.07) is 6.61. The van der Waals surface area contributed by atoms with Crippen molar-refractivity contribution in [2.45, 2.75) is 37.4 Å². The second kappa shape index (κ2) is 11.1. The average molecular weight is 573 g/mol. The van der Waals surface area contributed by atoms with Crippen molar-refractivity contribution in [3.8, 4) is 11.3 Å². The molecule has 0 unspecified atom stereocenters. The molecule has 1 amide bonds. The molecule has 4 aromatic rings. The molecule has 0 bridgehead atoms. The first-order valence-electron chi connectivity index (χ1n) is 11.9. The highest BCUT2D eigenvalue weighted by Crippen LogP contribution is 2.31. The number of fused-ring (bicyclic) bond motifs is 1. The van der Waals surface area contributed by atoms with Crippen molar-refractivity contribution in [1.82, 2.24) is 33.9 Å². The highest BCUT2D eigenvalue weighted by Gasteiger charge is 2.44. The second-order valence-corrected chi connectivity index (χ2v) is 10.3. The van der Waals surface area contributed by atoms with E-state index in [0.29, 0.717) is 16.9 Å². The Morgan fingerprint density at radius 2 is 1.90 bits per heavy atom. The monoisotopic (exact) mass is 572 g/mol. The van der Waals surface area contributed by atoms with Crippen LogP contribution in [0.25, 0.3) is 22.5 Å². The number of carbonyl (C=O) groups is 2. The number of hydrogen-bond acceptors (Lipinski definition) is 13. The maximum absolute atomic E-state index is 12.7. The van der Waals surface area contributed by atoms with Crippen molar-refractivity contribution in [2.24, 2.45) is 0 Å². The molecule has 5 rings (SSSR count). The molecule has 17 heteroatoms. The van der Waals surface area contributed by atoms with Gasteiger partial charge in [0.15, 0.2) is 35.6 Å². The van der Waals surface area contributed by atoms with Gasteiger partial charge in [0.05, 0.1) is 12.5 Å². The molecule has 0 aliphatic carbocycles. The molecule has 4 atom stereocenters. The first-order chi connectivity index (χ1) is 19.1. The van der Waals surface area contributed by atoms with E-state index in [4.69, 9.17) is 14.9 Å². The molecule has 6 N–H and O–H groups in total. The summed E-state index contributed by atoms with van der Waals surface area (Å²) >= 11 is 0. The Balaban J connectivity index is 1.15. The number of ketones is 1. The maximum Gasteiger partial charge on any atom is 0.301 e. The predicted octanol–water partition coefficient (Wildman–Crippen LogP) is -0.704. The fourth-order valence-corrected chi connectivity index (χ4v) is 5.12. The number of benzene rings is 1. The van der Waals surface area contributed by atoms with Crippen molar-refractivity contribution < 1.29 is 37.4 Å². The van der Waals surface area contributed by atoms with Gasteiger partial charge in [-0.15, -0.1) is 0 Å². The van der Waals surface area contributed by atoms with Gasteiger partial charge >= 0.3 is 10.2 Å². The van der Waals surface area contributed by atoms with Gasteiger partial charge < -0.3 is 25.1 Å². The number of hydrogen-bond donors (Lipinski definition) is 5. The van der Waals surface area contributed by atoms with E-state index in [9.17, 15) is 28.2 Å². The van der Waals surface area contributed by atoms with Crippen LogP contribution in [0.4, 0.5) is 5.82 Å². The fraction of sp³-hybridized carbons (Fsp3) is 0.304. The van der Waals surface area contributed by atoms with Gasteiger partial charge in [0, 0.05) is 30.5 Å². The first-order valence-corrected chi connectivity index (χ1v) is 13.4. The normalized spacial score (nSPS) is 21.1. The molecule has 16 nitrogen and oxygen atoms in total. The number of oxazole rings is 1. The molecule has 0 spiro atoms. The Kier molecular flexibility index (Phi) is 7.55. The number of nitrogens with one attached hydrogen (secondary N) is 2. The lowest BCUT2D eigenvalue weighted by Gasteiger charge is -2.16. The number of rotatable bonds is 10. The van der Waals surface area contributed by atoms with Crippen molar-refractivity contribution in [2.75, 3.05) is 12.3 Å². The number of nitrogens with zero attached hydrogens (tertiary/aromatic N) is 5. The lowest BCUT2D eigenvalue weighted by molar-refractivity contribution is -0.119. The lowest BCUT2D eigenvalue weighted by atomic mass is 9.99. The number of aromatic nitrogens is 5. The van der Waals surface area contributed by atoms with Gasteiger partial charge in [-0.2, -0.15) is 13.1 Å². The topological polar surface area (TPSA) is 238 Å². The van der Waals surface area contributed by atoms with Gasteiger partial charge in [-0.25, -0.2) is 24.7 Å². The quantitative estimate of drug-likeness (QED) is 0.148. The number of anilines is 1. The molecule has 0 radical (unpaired) electrons. The minimum absolute atomic E-state index is 0.109. The summed E-state index contributed by atoms with van der Waals surface area (Å²) in [6.45, 7) is -0.482. The molecule has 4 heterocycles. The van der Waals surface area contributed by atoms with E-state index in [2.05, 4.69) is 24.7 Å². The zero-order valence-electron chi connectivity index (χ0n) is 20.6. The Morgan fingerprint density at radius 3 is 2.67 bits per heavy atom. The van der Waals surface area contributed by atoms with Crippen LogP contribution in [0, 0.1) is 0 Å². The third-order valence-corrected chi connectivity index (χ3v) is 7.27. The Labute approximate surface area is 226 Å². The highest BCUT2D eigenvalue weighted by molar-refractivity contribution is 7.88. The van der Waals surface area contributed by atoms with Crippen LogP contribution < -0.4 is 15.2 Å². The number of ether oxygens (including phenoxy) is 1.